The first-order chi connectivity index (χ1) is 4.87. The van der Waals surface area contributed by atoms with E-state index in [0.717, 1.165) is 0 Å². The zero-order chi connectivity index (χ0) is 9.07. The van der Waals surface area contributed by atoms with Crippen molar-refractivity contribution in [2.75, 3.05) is 6.61 Å². The number of hydrogen-bond acceptors (Lipinski definition) is 3. The molecular formula is C3H11NNa3O6P. The van der Waals surface area contributed by atoms with Gasteiger partial charge in [0.05, 0.1) is 6.61 Å². The van der Waals surface area contributed by atoms with Crippen LogP contribution >= 0.6 is 7.75 Å². The molecule has 0 saturated heterocycles. The van der Waals surface area contributed by atoms with Crippen LogP contribution in [0.25, 0.3) is 0 Å². The third-order valence-corrected chi connectivity index (χ3v) is 1.45. The van der Waals surface area contributed by atoms with E-state index in [9.17, 15) is 9.36 Å². The Bertz CT molecular complexity index is 197. The number of hydrogen-bond donors (Lipinski definition) is 5. The van der Waals surface area contributed by atoms with E-state index in [-0.39, 0.29) is 88.7 Å². The van der Waals surface area contributed by atoms with Crippen LogP contribution in [0.1, 0.15) is 0 Å². The monoisotopic (exact) mass is 257 g/mol. The molecule has 0 aliphatic carbocycles. The summed E-state index contributed by atoms with van der Waals surface area (Å²) >= 11 is 0. The standard InChI is InChI=1S/C3H8NO6P.3Na.3H/c5-1-2(3(6)7)4-11(8,9)10;;;;;;/h2,5H,1H2,(H,6,7)(H3,4,8,9,10);;;;;;. The molecular weight excluding hydrogens is 246 g/mol. The average molecular weight is 257 g/mol. The predicted molar refractivity (Wildman–Crippen MR) is 55.1 cm³/mol. The summed E-state index contributed by atoms with van der Waals surface area (Å²) in [7, 11) is -4.58. The van der Waals surface area contributed by atoms with Gasteiger partial charge in [-0.1, -0.05) is 0 Å². The Morgan fingerprint density at radius 2 is 1.64 bits per heavy atom. The number of aliphatic carboxylic acids is 1. The number of aliphatic hydroxyl groups is 1. The summed E-state index contributed by atoms with van der Waals surface area (Å²) in [5, 5.41) is 17.9. The van der Waals surface area contributed by atoms with Crippen molar-refractivity contribution in [2.45, 2.75) is 6.04 Å². The van der Waals surface area contributed by atoms with E-state index in [1.54, 1.807) is 0 Å². The molecule has 0 aromatic rings. The fourth-order valence-electron chi connectivity index (χ4n) is 0.377. The molecule has 14 heavy (non-hydrogen) atoms. The SMILES string of the molecule is O=C(O)C(CO)NP(=O)(O)O.[NaH].[NaH].[NaH]. The van der Waals surface area contributed by atoms with Crippen molar-refractivity contribution in [3.63, 3.8) is 0 Å². The first kappa shape index (κ1) is 25.4. The Morgan fingerprint density at radius 3 is 1.71 bits per heavy atom. The molecule has 0 aromatic carbocycles. The molecule has 0 saturated carbocycles. The van der Waals surface area contributed by atoms with E-state index in [4.69, 9.17) is 20.0 Å². The molecule has 0 fully saturated rings. The van der Waals surface area contributed by atoms with Gasteiger partial charge in [-0.15, -0.1) is 0 Å². The normalized spacial score (nSPS) is 11.4. The number of rotatable bonds is 4. The summed E-state index contributed by atoms with van der Waals surface area (Å²) in [4.78, 5) is 26.4. The summed E-state index contributed by atoms with van der Waals surface area (Å²) in [6.07, 6.45) is 0. The van der Waals surface area contributed by atoms with E-state index in [1.807, 2.05) is 0 Å². The molecule has 0 aliphatic heterocycles. The van der Waals surface area contributed by atoms with Gasteiger partial charge in [-0.05, 0) is 0 Å². The van der Waals surface area contributed by atoms with Crippen molar-refractivity contribution in [2.24, 2.45) is 0 Å². The fraction of sp³-hybridized carbons (Fsp3) is 0.667. The van der Waals surface area contributed by atoms with Crippen LogP contribution in [-0.2, 0) is 9.36 Å². The predicted octanol–water partition coefficient (Wildman–Crippen LogP) is -3.83. The number of aliphatic hydroxyl groups excluding tert-OH is 1. The molecule has 0 aliphatic rings. The fourth-order valence-corrected chi connectivity index (χ4v) is 0.975. The Balaban J connectivity index is -0.000000167. The third kappa shape index (κ3) is 14.5. The molecule has 0 bridgehead atoms. The molecule has 72 valence electrons. The minimum absolute atomic E-state index is 0. The van der Waals surface area contributed by atoms with E-state index in [0.29, 0.717) is 0 Å². The van der Waals surface area contributed by atoms with Crippen LogP contribution in [0.15, 0.2) is 0 Å². The number of carboxylic acids is 1. The number of carbonyl (C=O) groups is 1. The van der Waals surface area contributed by atoms with Gasteiger partial charge in [-0.25, -0.2) is 9.65 Å². The van der Waals surface area contributed by atoms with Gasteiger partial charge in [0.25, 0.3) is 0 Å². The quantitative estimate of drug-likeness (QED) is 0.258. The van der Waals surface area contributed by atoms with Crippen molar-refractivity contribution < 1.29 is 29.4 Å². The van der Waals surface area contributed by atoms with E-state index < -0.39 is 26.4 Å². The summed E-state index contributed by atoms with van der Waals surface area (Å²) < 4.78 is 10.1. The molecule has 0 spiro atoms. The van der Waals surface area contributed by atoms with E-state index in [2.05, 4.69) is 0 Å². The van der Waals surface area contributed by atoms with Crippen LogP contribution in [0.5, 0.6) is 0 Å². The van der Waals surface area contributed by atoms with Gasteiger partial charge in [-0.3, -0.25) is 4.79 Å². The summed E-state index contributed by atoms with van der Waals surface area (Å²) in [5.74, 6) is -1.52. The zero-order valence-corrected chi connectivity index (χ0v) is 6.23. The van der Waals surface area contributed by atoms with Crippen LogP contribution in [0.2, 0.25) is 0 Å². The second-order valence-electron chi connectivity index (χ2n) is 1.75. The number of nitrogens with one attached hydrogen (secondary N) is 1. The maximum atomic E-state index is 10.1. The van der Waals surface area contributed by atoms with Gasteiger partial charge in [0.1, 0.15) is 6.04 Å². The summed E-state index contributed by atoms with van der Waals surface area (Å²) in [5.41, 5.74) is 0. The molecule has 11 heteroatoms. The van der Waals surface area contributed by atoms with Crippen molar-refractivity contribution in [1.29, 1.82) is 0 Å². The van der Waals surface area contributed by atoms with Gasteiger partial charge in [0, 0.05) is 0 Å². The Kier molecular flexibility index (Phi) is 21.8. The first-order valence-corrected chi connectivity index (χ1v) is 4.15. The van der Waals surface area contributed by atoms with Crippen molar-refractivity contribution in [3.05, 3.63) is 0 Å². The Morgan fingerprint density at radius 1 is 1.29 bits per heavy atom. The Hall–Kier alpha value is 2.54. The molecule has 0 aromatic heterocycles. The molecule has 0 amide bonds. The molecule has 1 atom stereocenters. The molecule has 0 rings (SSSR count). The molecule has 5 N–H and O–H groups in total. The molecule has 0 heterocycles. The topological polar surface area (TPSA) is 127 Å². The van der Waals surface area contributed by atoms with Crippen LogP contribution in [-0.4, -0.2) is 127 Å². The van der Waals surface area contributed by atoms with Crippen LogP contribution in [0.4, 0.5) is 0 Å². The van der Waals surface area contributed by atoms with E-state index >= 15 is 0 Å². The Labute approximate surface area is 147 Å². The number of carboxylic acid groups (broad SMARTS) is 1. The third-order valence-electron chi connectivity index (χ3n) is 0.805. The second kappa shape index (κ2) is 12.0. The van der Waals surface area contributed by atoms with Gasteiger partial charge in [-0.2, -0.15) is 0 Å². The molecule has 7 nitrogen and oxygen atoms in total. The van der Waals surface area contributed by atoms with Crippen molar-refractivity contribution in [1.82, 2.24) is 5.09 Å². The maximum absolute atomic E-state index is 10.1. The summed E-state index contributed by atoms with van der Waals surface area (Å²) in [6.45, 7) is -0.875. The van der Waals surface area contributed by atoms with Crippen molar-refractivity contribution >= 4 is 102 Å². The van der Waals surface area contributed by atoms with Gasteiger partial charge in [0.2, 0.25) is 0 Å². The van der Waals surface area contributed by atoms with Gasteiger partial charge >= 0.3 is 102 Å². The van der Waals surface area contributed by atoms with E-state index in [1.165, 1.54) is 5.09 Å². The second-order valence-corrected chi connectivity index (χ2v) is 3.09. The minimum atomic E-state index is -4.58. The summed E-state index contributed by atoms with van der Waals surface area (Å²) in [6, 6.07) is -1.63. The zero-order valence-electron chi connectivity index (χ0n) is 5.34. The van der Waals surface area contributed by atoms with Crippen LogP contribution in [0, 0.1) is 0 Å². The molecule has 1 unspecified atom stereocenters. The van der Waals surface area contributed by atoms with Crippen LogP contribution < -0.4 is 5.09 Å². The molecule has 0 radical (unpaired) electrons. The average Bonchev–Trinajstić information content (AvgIpc) is 1.80. The first-order valence-electron chi connectivity index (χ1n) is 2.54. The van der Waals surface area contributed by atoms with Gasteiger partial charge < -0.3 is 20.0 Å². The van der Waals surface area contributed by atoms with Crippen molar-refractivity contribution in [3.8, 4) is 0 Å². The van der Waals surface area contributed by atoms with Crippen LogP contribution in [0.3, 0.4) is 0 Å². The van der Waals surface area contributed by atoms with Gasteiger partial charge in [0.15, 0.2) is 0 Å².